The molecule has 0 bridgehead atoms. The summed E-state index contributed by atoms with van der Waals surface area (Å²) in [7, 11) is 0. The smallest absolute Gasteiger partial charge is 0.162 e. The van der Waals surface area contributed by atoms with Crippen LogP contribution in [0.2, 0.25) is 0 Å². The van der Waals surface area contributed by atoms with E-state index in [0.29, 0.717) is 37.0 Å². The number of nitrogens with zero attached hydrogens (tertiary/aromatic N) is 1. The molecule has 1 aliphatic heterocycles. The summed E-state index contributed by atoms with van der Waals surface area (Å²) in [4.78, 5) is 30.7. The molecule has 0 N–H and O–H groups in total. The summed E-state index contributed by atoms with van der Waals surface area (Å²) in [6.07, 6.45) is 14.0. The molecule has 5 heteroatoms. The third-order valence-corrected chi connectivity index (χ3v) is 8.80. The minimum Gasteiger partial charge on any atom is -0.490 e. The van der Waals surface area contributed by atoms with E-state index in [1.54, 1.807) is 0 Å². The Labute approximate surface area is 234 Å². The van der Waals surface area contributed by atoms with Crippen molar-refractivity contribution in [2.24, 2.45) is 10.8 Å². The Morgan fingerprint density at radius 2 is 1.46 bits per heavy atom. The first kappa shape index (κ1) is 27.6. The van der Waals surface area contributed by atoms with Gasteiger partial charge in [-0.15, -0.1) is 6.42 Å². The summed E-state index contributed by atoms with van der Waals surface area (Å²) in [5.41, 5.74) is 4.63. The summed E-state index contributed by atoms with van der Waals surface area (Å²) in [5, 5.41) is 0. The van der Waals surface area contributed by atoms with Crippen molar-refractivity contribution in [3.63, 3.8) is 0 Å². The molecule has 1 fully saturated rings. The van der Waals surface area contributed by atoms with Crippen LogP contribution in [0, 0.1) is 23.2 Å². The van der Waals surface area contributed by atoms with Crippen LogP contribution in [-0.2, 0) is 9.59 Å². The van der Waals surface area contributed by atoms with Gasteiger partial charge in [0.05, 0.1) is 6.61 Å². The molecule has 1 aromatic carbocycles. The summed E-state index contributed by atoms with van der Waals surface area (Å²) in [6.45, 7) is 11.4. The molecule has 0 radical (unpaired) electrons. The van der Waals surface area contributed by atoms with E-state index in [1.807, 2.05) is 25.1 Å². The van der Waals surface area contributed by atoms with Gasteiger partial charge in [-0.05, 0) is 61.1 Å². The van der Waals surface area contributed by atoms with Crippen LogP contribution in [0.25, 0.3) is 0 Å². The quantitative estimate of drug-likeness (QED) is 0.367. The molecule has 1 heterocycles. The lowest BCUT2D eigenvalue weighted by molar-refractivity contribution is -0.119. The van der Waals surface area contributed by atoms with Crippen molar-refractivity contribution in [3.8, 4) is 23.8 Å². The van der Waals surface area contributed by atoms with E-state index in [-0.39, 0.29) is 34.9 Å². The van der Waals surface area contributed by atoms with E-state index in [9.17, 15) is 9.59 Å². The number of rotatable bonds is 6. The highest BCUT2D eigenvalue weighted by atomic mass is 16.5. The molecule has 0 unspecified atom stereocenters. The van der Waals surface area contributed by atoms with E-state index in [2.05, 4.69) is 38.5 Å². The Kier molecular flexibility index (Phi) is 7.44. The number of ketones is 2. The second-order valence-electron chi connectivity index (χ2n) is 13.3. The van der Waals surface area contributed by atoms with Crippen LogP contribution in [0.15, 0.2) is 40.7 Å². The number of hydrogen-bond donors (Lipinski definition) is 0. The predicted octanol–water partition coefficient (Wildman–Crippen LogP) is 7.12. The topological polar surface area (TPSA) is 55.8 Å². The molecule has 1 aromatic rings. The van der Waals surface area contributed by atoms with Crippen molar-refractivity contribution in [2.75, 3.05) is 13.2 Å². The average Bonchev–Trinajstić information content (AvgIpc) is 2.86. The van der Waals surface area contributed by atoms with Crippen molar-refractivity contribution in [1.82, 2.24) is 4.90 Å². The molecule has 4 aliphatic rings. The zero-order valence-corrected chi connectivity index (χ0v) is 24.3. The van der Waals surface area contributed by atoms with Gasteiger partial charge < -0.3 is 14.4 Å². The SMILES string of the molecule is C#CCOc1ccc(C2C3=C(CC(C)(C)CC3=O)N(C3CCCCC3)C3=C2C(=O)CC(C)(C)C3)cc1OCC. The Morgan fingerprint density at radius 1 is 0.872 bits per heavy atom. The van der Waals surface area contributed by atoms with Gasteiger partial charge in [0.1, 0.15) is 6.61 Å². The van der Waals surface area contributed by atoms with Gasteiger partial charge in [0, 0.05) is 47.3 Å². The van der Waals surface area contributed by atoms with Crippen molar-refractivity contribution < 1.29 is 19.1 Å². The lowest BCUT2D eigenvalue weighted by Crippen LogP contribution is -2.48. The molecule has 0 aromatic heterocycles. The van der Waals surface area contributed by atoms with Crippen LogP contribution < -0.4 is 9.47 Å². The van der Waals surface area contributed by atoms with Crippen LogP contribution >= 0.6 is 0 Å². The average molecular weight is 530 g/mol. The number of Topliss-reactive ketones (excluding diaryl/α,β-unsaturated/α-hetero) is 2. The third kappa shape index (κ3) is 5.28. The standard InChI is InChI=1S/C34H43NO4/c1-7-16-39-28-15-14-22(17-29(28)38-8-2)30-31-24(18-33(3,4)20-26(31)36)35(23-12-10-9-11-13-23)25-19-34(5,6)21-27(37)32(25)30/h1,14-15,17,23,30H,8-13,16,18-21H2,2-6H3. The Hall–Kier alpha value is -3.00. The fourth-order valence-electron chi connectivity index (χ4n) is 7.32. The lowest BCUT2D eigenvalue weighted by Gasteiger charge is -2.52. The van der Waals surface area contributed by atoms with Crippen molar-refractivity contribution in [1.29, 1.82) is 0 Å². The number of ether oxygens (including phenoxy) is 2. The van der Waals surface area contributed by atoms with E-state index < -0.39 is 0 Å². The number of benzene rings is 1. The van der Waals surface area contributed by atoms with Crippen LogP contribution in [0.4, 0.5) is 0 Å². The lowest BCUT2D eigenvalue weighted by atomic mass is 9.63. The maximum atomic E-state index is 14.1. The van der Waals surface area contributed by atoms with Gasteiger partial charge in [0.15, 0.2) is 23.1 Å². The molecule has 0 atom stereocenters. The van der Waals surface area contributed by atoms with E-state index in [0.717, 1.165) is 53.8 Å². The van der Waals surface area contributed by atoms with Gasteiger partial charge in [-0.1, -0.05) is 58.9 Å². The molecule has 1 saturated carbocycles. The van der Waals surface area contributed by atoms with Crippen LogP contribution in [0.1, 0.15) is 104 Å². The van der Waals surface area contributed by atoms with Crippen molar-refractivity contribution in [2.45, 2.75) is 104 Å². The second kappa shape index (κ2) is 10.5. The first-order valence-corrected chi connectivity index (χ1v) is 14.7. The van der Waals surface area contributed by atoms with Crippen LogP contribution in [0.3, 0.4) is 0 Å². The number of carbonyl (C=O) groups excluding carboxylic acids is 2. The minimum atomic E-state index is -0.386. The molecular formula is C34H43NO4. The van der Waals surface area contributed by atoms with Crippen LogP contribution in [-0.4, -0.2) is 35.7 Å². The number of terminal acetylenes is 1. The first-order chi connectivity index (χ1) is 18.5. The highest BCUT2D eigenvalue weighted by molar-refractivity contribution is 6.06. The Bertz CT molecular complexity index is 1210. The summed E-state index contributed by atoms with van der Waals surface area (Å²) < 4.78 is 11.7. The molecule has 0 saturated heterocycles. The van der Waals surface area contributed by atoms with E-state index in [4.69, 9.17) is 15.9 Å². The predicted molar refractivity (Wildman–Crippen MR) is 153 cm³/mol. The van der Waals surface area contributed by atoms with Crippen LogP contribution in [0.5, 0.6) is 11.5 Å². The molecule has 3 aliphatic carbocycles. The summed E-state index contributed by atoms with van der Waals surface area (Å²) in [6, 6.07) is 6.17. The van der Waals surface area contributed by atoms with Crippen molar-refractivity contribution in [3.05, 3.63) is 46.3 Å². The highest BCUT2D eigenvalue weighted by Gasteiger charge is 2.50. The largest absolute Gasteiger partial charge is 0.490 e. The fraction of sp³-hybridized carbons (Fsp3) is 0.588. The van der Waals surface area contributed by atoms with Crippen molar-refractivity contribution >= 4 is 11.6 Å². The second-order valence-corrected chi connectivity index (χ2v) is 13.3. The Morgan fingerprint density at radius 3 is 2.00 bits per heavy atom. The number of allylic oxidation sites excluding steroid dienone is 4. The number of carbonyl (C=O) groups is 2. The summed E-state index contributed by atoms with van der Waals surface area (Å²) >= 11 is 0. The monoisotopic (exact) mass is 529 g/mol. The first-order valence-electron chi connectivity index (χ1n) is 14.7. The van der Waals surface area contributed by atoms with Gasteiger partial charge in [0.2, 0.25) is 0 Å². The highest BCUT2D eigenvalue weighted by Crippen LogP contribution is 2.56. The molecular weight excluding hydrogens is 486 g/mol. The molecule has 5 rings (SSSR count). The van der Waals surface area contributed by atoms with Gasteiger partial charge in [-0.25, -0.2) is 0 Å². The molecule has 39 heavy (non-hydrogen) atoms. The molecule has 208 valence electrons. The van der Waals surface area contributed by atoms with E-state index in [1.165, 1.54) is 19.3 Å². The summed E-state index contributed by atoms with van der Waals surface area (Å²) in [5.74, 6) is 3.64. The minimum absolute atomic E-state index is 0.122. The maximum absolute atomic E-state index is 14.1. The van der Waals surface area contributed by atoms with Gasteiger partial charge >= 0.3 is 0 Å². The van der Waals surface area contributed by atoms with Gasteiger partial charge in [0.25, 0.3) is 0 Å². The molecule has 5 nitrogen and oxygen atoms in total. The zero-order valence-electron chi connectivity index (χ0n) is 24.3. The maximum Gasteiger partial charge on any atom is 0.162 e. The fourth-order valence-corrected chi connectivity index (χ4v) is 7.32. The van der Waals surface area contributed by atoms with Gasteiger partial charge in [-0.2, -0.15) is 0 Å². The molecule has 0 amide bonds. The van der Waals surface area contributed by atoms with E-state index >= 15 is 0 Å². The third-order valence-electron chi connectivity index (χ3n) is 8.80. The zero-order chi connectivity index (χ0) is 27.9. The van der Waals surface area contributed by atoms with Gasteiger partial charge in [-0.3, -0.25) is 9.59 Å². The Balaban J connectivity index is 1.73. The molecule has 0 spiro atoms. The number of hydrogen-bond acceptors (Lipinski definition) is 5. The normalized spacial score (nSPS) is 23.3.